The molecule has 1 fully saturated rings. The molecular formula is C19H29NO3. The first-order valence-electron chi connectivity index (χ1n) is 8.51. The Kier molecular flexibility index (Phi) is 5.69. The Morgan fingerprint density at radius 2 is 2.04 bits per heavy atom. The first-order valence-corrected chi connectivity index (χ1v) is 8.51. The van der Waals surface area contributed by atoms with E-state index in [-0.39, 0.29) is 12.1 Å². The smallest absolute Gasteiger partial charge is 0.410 e. The second kappa shape index (κ2) is 7.35. The number of aliphatic hydroxyl groups is 1. The lowest BCUT2D eigenvalue weighted by Crippen LogP contribution is -2.46. The second-order valence-corrected chi connectivity index (χ2v) is 7.43. The molecule has 4 heteroatoms. The first kappa shape index (κ1) is 17.8. The zero-order chi connectivity index (χ0) is 17.0. The molecule has 1 N–H and O–H groups in total. The van der Waals surface area contributed by atoms with Crippen LogP contribution in [0.1, 0.15) is 63.7 Å². The van der Waals surface area contributed by atoms with Gasteiger partial charge in [-0.3, -0.25) is 0 Å². The van der Waals surface area contributed by atoms with Crippen molar-refractivity contribution in [2.45, 2.75) is 71.1 Å². The summed E-state index contributed by atoms with van der Waals surface area (Å²) in [7, 11) is 0. The predicted molar refractivity (Wildman–Crippen MR) is 91.3 cm³/mol. The van der Waals surface area contributed by atoms with Crippen molar-refractivity contribution in [2.24, 2.45) is 0 Å². The van der Waals surface area contributed by atoms with Crippen molar-refractivity contribution in [1.82, 2.24) is 4.90 Å². The van der Waals surface area contributed by atoms with Gasteiger partial charge in [0.05, 0.1) is 6.10 Å². The molecule has 1 aliphatic heterocycles. The van der Waals surface area contributed by atoms with E-state index in [2.05, 4.69) is 0 Å². The summed E-state index contributed by atoms with van der Waals surface area (Å²) in [4.78, 5) is 14.2. The highest BCUT2D eigenvalue weighted by atomic mass is 16.6. The summed E-state index contributed by atoms with van der Waals surface area (Å²) in [6, 6.07) is 7.91. The maximum absolute atomic E-state index is 12.4. The van der Waals surface area contributed by atoms with Crippen molar-refractivity contribution >= 4 is 6.09 Å². The van der Waals surface area contributed by atoms with Crippen LogP contribution < -0.4 is 0 Å². The molecule has 0 spiro atoms. The predicted octanol–water partition coefficient (Wildman–Crippen LogP) is 4.21. The molecule has 0 unspecified atom stereocenters. The van der Waals surface area contributed by atoms with Gasteiger partial charge in [0, 0.05) is 12.6 Å². The van der Waals surface area contributed by atoms with Crippen LogP contribution >= 0.6 is 0 Å². The van der Waals surface area contributed by atoms with Gasteiger partial charge >= 0.3 is 6.09 Å². The lowest BCUT2D eigenvalue weighted by atomic mass is 9.93. The van der Waals surface area contributed by atoms with Crippen LogP contribution in [-0.2, 0) is 4.74 Å². The van der Waals surface area contributed by atoms with E-state index >= 15 is 0 Å². The van der Waals surface area contributed by atoms with Gasteiger partial charge in [-0.15, -0.1) is 0 Å². The Morgan fingerprint density at radius 1 is 1.35 bits per heavy atom. The number of carbonyl (C=O) groups excluding carboxylic acids is 1. The number of amides is 1. The zero-order valence-electron chi connectivity index (χ0n) is 14.7. The number of aryl methyl sites for hydroxylation is 1. The lowest BCUT2D eigenvalue weighted by Gasteiger charge is -2.37. The molecule has 128 valence electrons. The van der Waals surface area contributed by atoms with Crippen LogP contribution in [0, 0.1) is 6.92 Å². The van der Waals surface area contributed by atoms with E-state index in [9.17, 15) is 9.90 Å². The van der Waals surface area contributed by atoms with Crippen LogP contribution in [0.3, 0.4) is 0 Å². The number of ether oxygens (including phenoxy) is 1. The van der Waals surface area contributed by atoms with Crippen LogP contribution in [0.15, 0.2) is 24.3 Å². The van der Waals surface area contributed by atoms with E-state index in [0.29, 0.717) is 13.0 Å². The number of rotatable bonds is 3. The third kappa shape index (κ3) is 4.96. The molecule has 1 saturated heterocycles. The third-order valence-corrected chi connectivity index (χ3v) is 4.30. The summed E-state index contributed by atoms with van der Waals surface area (Å²) < 4.78 is 5.52. The summed E-state index contributed by atoms with van der Waals surface area (Å²) in [6.07, 6.45) is 2.75. The number of piperidine rings is 1. The number of nitrogens with zero attached hydrogens (tertiary/aromatic N) is 1. The summed E-state index contributed by atoms with van der Waals surface area (Å²) >= 11 is 0. The molecule has 1 amide bonds. The molecule has 1 heterocycles. The molecular weight excluding hydrogens is 290 g/mol. The molecule has 23 heavy (non-hydrogen) atoms. The highest BCUT2D eigenvalue weighted by Gasteiger charge is 2.32. The summed E-state index contributed by atoms with van der Waals surface area (Å²) in [5, 5.41) is 10.6. The van der Waals surface area contributed by atoms with Gasteiger partial charge in [-0.25, -0.2) is 4.79 Å². The quantitative estimate of drug-likeness (QED) is 0.908. The summed E-state index contributed by atoms with van der Waals surface area (Å²) in [5.74, 6) is 0. The number of hydrogen-bond acceptors (Lipinski definition) is 3. The largest absolute Gasteiger partial charge is 0.444 e. The molecule has 1 aliphatic rings. The second-order valence-electron chi connectivity index (χ2n) is 7.43. The van der Waals surface area contributed by atoms with Crippen LogP contribution in [-0.4, -0.2) is 34.3 Å². The van der Waals surface area contributed by atoms with Crippen molar-refractivity contribution in [3.8, 4) is 0 Å². The number of aliphatic hydroxyl groups excluding tert-OH is 1. The average molecular weight is 319 g/mol. The standard InChI is InChI=1S/C19H29NO3/c1-14-9-5-6-11-16(14)17(21)13-15-10-7-8-12-20(15)18(22)23-19(2,3)4/h5-6,9,11,15,17,21H,7-8,10,12-13H2,1-4H3/t15-,17+/m0/s1. The van der Waals surface area contributed by atoms with E-state index in [1.807, 2.05) is 52.0 Å². The monoisotopic (exact) mass is 319 g/mol. The number of carbonyl (C=O) groups is 1. The number of hydrogen-bond donors (Lipinski definition) is 1. The fraction of sp³-hybridized carbons (Fsp3) is 0.632. The lowest BCUT2D eigenvalue weighted by molar-refractivity contribution is 0.00234. The Bertz CT molecular complexity index is 536. The SMILES string of the molecule is Cc1ccccc1[C@H](O)C[C@@H]1CCCCN1C(=O)OC(C)(C)C. The molecule has 0 radical (unpaired) electrons. The van der Waals surface area contributed by atoms with Crippen LogP contribution in [0.4, 0.5) is 4.79 Å². The average Bonchev–Trinajstić information content (AvgIpc) is 2.46. The van der Waals surface area contributed by atoms with Gasteiger partial charge in [0.2, 0.25) is 0 Å². The Labute approximate surface area is 139 Å². The van der Waals surface area contributed by atoms with Crippen LogP contribution in [0.5, 0.6) is 0 Å². The van der Waals surface area contributed by atoms with Gasteiger partial charge < -0.3 is 14.7 Å². The van der Waals surface area contributed by atoms with Crippen molar-refractivity contribution < 1.29 is 14.6 Å². The number of benzene rings is 1. The molecule has 1 aromatic rings. The molecule has 4 nitrogen and oxygen atoms in total. The first-order chi connectivity index (χ1) is 10.8. The summed E-state index contributed by atoms with van der Waals surface area (Å²) in [6.45, 7) is 8.36. The minimum absolute atomic E-state index is 0.0354. The van der Waals surface area contributed by atoms with E-state index in [4.69, 9.17) is 4.74 Å². The van der Waals surface area contributed by atoms with Crippen LogP contribution in [0.2, 0.25) is 0 Å². The van der Waals surface area contributed by atoms with E-state index in [1.54, 1.807) is 4.90 Å². The molecule has 0 aliphatic carbocycles. The fourth-order valence-electron chi connectivity index (χ4n) is 3.15. The van der Waals surface area contributed by atoms with Crippen molar-refractivity contribution in [3.05, 3.63) is 35.4 Å². The van der Waals surface area contributed by atoms with Gasteiger partial charge in [0.25, 0.3) is 0 Å². The summed E-state index contributed by atoms with van der Waals surface area (Å²) in [5.41, 5.74) is 1.54. The van der Waals surface area contributed by atoms with Crippen molar-refractivity contribution in [1.29, 1.82) is 0 Å². The highest BCUT2D eigenvalue weighted by Crippen LogP contribution is 2.29. The zero-order valence-corrected chi connectivity index (χ0v) is 14.7. The Hall–Kier alpha value is -1.55. The molecule has 0 saturated carbocycles. The molecule has 0 bridgehead atoms. The van der Waals surface area contributed by atoms with E-state index < -0.39 is 11.7 Å². The Morgan fingerprint density at radius 3 is 2.70 bits per heavy atom. The molecule has 0 aromatic heterocycles. The van der Waals surface area contributed by atoms with Crippen LogP contribution in [0.25, 0.3) is 0 Å². The van der Waals surface area contributed by atoms with Gasteiger partial charge in [-0.2, -0.15) is 0 Å². The van der Waals surface area contributed by atoms with Gasteiger partial charge in [-0.05, 0) is 64.5 Å². The molecule has 2 rings (SSSR count). The molecule has 2 atom stereocenters. The minimum atomic E-state index is -0.552. The number of likely N-dealkylation sites (tertiary alicyclic amines) is 1. The minimum Gasteiger partial charge on any atom is -0.444 e. The maximum Gasteiger partial charge on any atom is 0.410 e. The topological polar surface area (TPSA) is 49.8 Å². The molecule has 1 aromatic carbocycles. The fourth-order valence-corrected chi connectivity index (χ4v) is 3.15. The van der Waals surface area contributed by atoms with Gasteiger partial charge in [0.1, 0.15) is 5.60 Å². The van der Waals surface area contributed by atoms with Gasteiger partial charge in [-0.1, -0.05) is 24.3 Å². The van der Waals surface area contributed by atoms with Crippen molar-refractivity contribution in [3.63, 3.8) is 0 Å². The Balaban J connectivity index is 2.06. The van der Waals surface area contributed by atoms with Gasteiger partial charge in [0.15, 0.2) is 0 Å². The maximum atomic E-state index is 12.4. The van der Waals surface area contributed by atoms with E-state index in [0.717, 1.165) is 30.4 Å². The van der Waals surface area contributed by atoms with E-state index in [1.165, 1.54) is 0 Å². The highest BCUT2D eigenvalue weighted by molar-refractivity contribution is 5.68. The third-order valence-electron chi connectivity index (χ3n) is 4.30. The normalized spacial score (nSPS) is 20.2. The van der Waals surface area contributed by atoms with Crippen molar-refractivity contribution in [2.75, 3.05) is 6.54 Å².